The van der Waals surface area contributed by atoms with Crippen molar-refractivity contribution in [2.24, 2.45) is 5.41 Å². The van der Waals surface area contributed by atoms with Crippen LogP contribution in [-0.2, 0) is 0 Å². The average molecular weight is 287 g/mol. The SMILES string of the molecule is CC(N(C)C(=O)c1ccccc1C#CCCO)C(C)(C)C. The minimum absolute atomic E-state index is 0.0158. The summed E-state index contributed by atoms with van der Waals surface area (Å²) in [6.07, 6.45) is 0.413. The highest BCUT2D eigenvalue weighted by atomic mass is 16.2. The third kappa shape index (κ3) is 4.61. The molecule has 0 bridgehead atoms. The summed E-state index contributed by atoms with van der Waals surface area (Å²) in [6.45, 7) is 8.44. The van der Waals surface area contributed by atoms with Gasteiger partial charge in [0.25, 0.3) is 5.91 Å². The minimum Gasteiger partial charge on any atom is -0.395 e. The molecular weight excluding hydrogens is 262 g/mol. The molecule has 1 amide bonds. The van der Waals surface area contributed by atoms with Crippen LogP contribution in [0.15, 0.2) is 24.3 Å². The number of carbonyl (C=O) groups excluding carboxylic acids is 1. The predicted octanol–water partition coefficient (Wildman–Crippen LogP) is 2.93. The largest absolute Gasteiger partial charge is 0.395 e. The molecule has 3 nitrogen and oxygen atoms in total. The van der Waals surface area contributed by atoms with Crippen molar-refractivity contribution >= 4 is 5.91 Å². The molecule has 114 valence electrons. The highest BCUT2D eigenvalue weighted by molar-refractivity contribution is 5.96. The first-order valence-electron chi connectivity index (χ1n) is 7.25. The standard InChI is InChI=1S/C18H25NO2/c1-14(18(2,3)4)19(5)17(21)16-12-7-6-10-15(16)11-8-9-13-20/h6-7,10,12,14,20H,9,13H2,1-5H3. The topological polar surface area (TPSA) is 40.5 Å². The number of carbonyl (C=O) groups is 1. The summed E-state index contributed by atoms with van der Waals surface area (Å²) in [5, 5.41) is 8.80. The van der Waals surface area contributed by atoms with Crippen molar-refractivity contribution < 1.29 is 9.90 Å². The number of hydrogen-bond donors (Lipinski definition) is 1. The van der Waals surface area contributed by atoms with Gasteiger partial charge in [-0.3, -0.25) is 4.79 Å². The van der Waals surface area contributed by atoms with Crippen molar-refractivity contribution in [1.29, 1.82) is 0 Å². The van der Waals surface area contributed by atoms with Gasteiger partial charge in [-0.25, -0.2) is 0 Å². The molecule has 0 radical (unpaired) electrons. The Morgan fingerprint density at radius 2 is 1.95 bits per heavy atom. The molecule has 3 heteroatoms. The molecule has 0 saturated heterocycles. The summed E-state index contributed by atoms with van der Waals surface area (Å²) < 4.78 is 0. The van der Waals surface area contributed by atoms with Crippen molar-refractivity contribution in [1.82, 2.24) is 4.90 Å². The van der Waals surface area contributed by atoms with Gasteiger partial charge in [-0.05, 0) is 24.5 Å². The third-order valence-electron chi connectivity index (χ3n) is 3.77. The monoisotopic (exact) mass is 287 g/mol. The fourth-order valence-corrected chi connectivity index (χ4v) is 1.94. The van der Waals surface area contributed by atoms with Gasteiger partial charge in [-0.2, -0.15) is 0 Å². The fraction of sp³-hybridized carbons (Fsp3) is 0.500. The van der Waals surface area contributed by atoms with E-state index in [9.17, 15) is 4.79 Å². The van der Waals surface area contributed by atoms with E-state index in [1.165, 1.54) is 0 Å². The number of aliphatic hydroxyl groups is 1. The van der Waals surface area contributed by atoms with Crippen LogP contribution in [-0.4, -0.2) is 35.6 Å². The van der Waals surface area contributed by atoms with Gasteiger partial charge in [0.15, 0.2) is 0 Å². The Morgan fingerprint density at radius 3 is 2.52 bits per heavy atom. The zero-order valence-corrected chi connectivity index (χ0v) is 13.6. The van der Waals surface area contributed by atoms with Crippen LogP contribution < -0.4 is 0 Å². The van der Waals surface area contributed by atoms with E-state index in [1.54, 1.807) is 11.0 Å². The first-order chi connectivity index (χ1) is 9.79. The maximum Gasteiger partial charge on any atom is 0.255 e. The molecule has 1 aromatic carbocycles. The number of aliphatic hydroxyl groups excluding tert-OH is 1. The number of rotatable bonds is 3. The first-order valence-corrected chi connectivity index (χ1v) is 7.25. The van der Waals surface area contributed by atoms with Crippen LogP contribution in [0.5, 0.6) is 0 Å². The average Bonchev–Trinajstić information content (AvgIpc) is 2.45. The first kappa shape index (κ1) is 17.3. The van der Waals surface area contributed by atoms with Crippen molar-refractivity contribution in [3.8, 4) is 11.8 Å². The molecule has 1 aromatic rings. The molecule has 1 unspecified atom stereocenters. The van der Waals surface area contributed by atoms with Crippen molar-refractivity contribution in [3.05, 3.63) is 35.4 Å². The Labute approximate surface area is 128 Å². The summed E-state index contributed by atoms with van der Waals surface area (Å²) in [7, 11) is 1.83. The van der Waals surface area contributed by atoms with Crippen LogP contribution >= 0.6 is 0 Å². The molecule has 0 spiro atoms. The van der Waals surface area contributed by atoms with Gasteiger partial charge in [0, 0.05) is 25.1 Å². The quantitative estimate of drug-likeness (QED) is 0.868. The molecule has 0 heterocycles. The van der Waals surface area contributed by atoms with Crippen LogP contribution in [0.3, 0.4) is 0 Å². The van der Waals surface area contributed by atoms with E-state index in [2.05, 4.69) is 39.5 Å². The van der Waals surface area contributed by atoms with Crippen LogP contribution in [0.1, 0.15) is 50.0 Å². The third-order valence-corrected chi connectivity index (χ3v) is 3.77. The molecule has 1 N–H and O–H groups in total. The maximum absolute atomic E-state index is 12.7. The normalized spacial score (nSPS) is 12.3. The number of hydrogen-bond acceptors (Lipinski definition) is 2. The summed E-state index contributed by atoms with van der Waals surface area (Å²) >= 11 is 0. The van der Waals surface area contributed by atoms with Gasteiger partial charge in [0.2, 0.25) is 0 Å². The lowest BCUT2D eigenvalue weighted by Gasteiger charge is -2.35. The smallest absolute Gasteiger partial charge is 0.255 e. The Bertz CT molecular complexity index is 546. The number of nitrogens with zero attached hydrogens (tertiary/aromatic N) is 1. The second-order valence-electron chi connectivity index (χ2n) is 6.28. The second-order valence-corrected chi connectivity index (χ2v) is 6.28. The number of amides is 1. The van der Waals surface area contributed by atoms with Gasteiger partial charge >= 0.3 is 0 Å². The van der Waals surface area contributed by atoms with Crippen LogP contribution in [0.25, 0.3) is 0 Å². The highest BCUT2D eigenvalue weighted by Gasteiger charge is 2.28. The summed E-state index contributed by atoms with van der Waals surface area (Å²) in [4.78, 5) is 14.5. The molecule has 21 heavy (non-hydrogen) atoms. The van der Waals surface area contributed by atoms with Gasteiger partial charge < -0.3 is 10.0 Å². The predicted molar refractivity (Wildman–Crippen MR) is 86.0 cm³/mol. The highest BCUT2D eigenvalue weighted by Crippen LogP contribution is 2.24. The van der Waals surface area contributed by atoms with Gasteiger partial charge in [-0.15, -0.1) is 0 Å². The van der Waals surface area contributed by atoms with Crippen molar-refractivity contribution in [2.45, 2.75) is 40.2 Å². The molecule has 0 aliphatic carbocycles. The van der Waals surface area contributed by atoms with Crippen molar-refractivity contribution in [3.63, 3.8) is 0 Å². The molecule has 0 aromatic heterocycles. The van der Waals surface area contributed by atoms with E-state index >= 15 is 0 Å². The van der Waals surface area contributed by atoms with Crippen LogP contribution in [0.4, 0.5) is 0 Å². The molecule has 0 aliphatic rings. The second kappa shape index (κ2) is 7.28. The van der Waals surface area contributed by atoms with E-state index in [0.29, 0.717) is 17.5 Å². The summed E-state index contributed by atoms with van der Waals surface area (Å²) in [6, 6.07) is 7.47. The maximum atomic E-state index is 12.7. The summed E-state index contributed by atoms with van der Waals surface area (Å²) in [5.41, 5.74) is 1.34. The van der Waals surface area contributed by atoms with Crippen molar-refractivity contribution in [2.75, 3.05) is 13.7 Å². The summed E-state index contributed by atoms with van der Waals surface area (Å²) in [5.74, 6) is 5.82. The lowest BCUT2D eigenvalue weighted by Crippen LogP contribution is -2.43. The van der Waals surface area contributed by atoms with E-state index in [0.717, 1.165) is 0 Å². The van der Waals surface area contributed by atoms with Gasteiger partial charge in [-0.1, -0.05) is 44.7 Å². The molecule has 0 aliphatic heterocycles. The Morgan fingerprint density at radius 1 is 1.33 bits per heavy atom. The zero-order chi connectivity index (χ0) is 16.0. The lowest BCUT2D eigenvalue weighted by atomic mass is 9.87. The molecule has 0 saturated carbocycles. The molecule has 1 atom stereocenters. The Kier molecular flexibility index (Phi) is 5.99. The van der Waals surface area contributed by atoms with E-state index in [4.69, 9.17) is 5.11 Å². The number of benzene rings is 1. The molecule has 0 fully saturated rings. The minimum atomic E-state index is -0.0219. The zero-order valence-electron chi connectivity index (χ0n) is 13.6. The van der Waals surface area contributed by atoms with Crippen LogP contribution in [0, 0.1) is 17.3 Å². The van der Waals surface area contributed by atoms with E-state index in [1.807, 2.05) is 25.2 Å². The van der Waals surface area contributed by atoms with E-state index in [-0.39, 0.29) is 24.0 Å². The van der Waals surface area contributed by atoms with E-state index < -0.39 is 0 Å². The Hall–Kier alpha value is -1.79. The molecular formula is C18H25NO2. The van der Waals surface area contributed by atoms with Crippen LogP contribution in [0.2, 0.25) is 0 Å². The fourth-order valence-electron chi connectivity index (χ4n) is 1.94. The Balaban J connectivity index is 3.06. The molecule has 1 rings (SSSR count). The van der Waals surface area contributed by atoms with Gasteiger partial charge in [0.05, 0.1) is 12.2 Å². The van der Waals surface area contributed by atoms with Gasteiger partial charge in [0.1, 0.15) is 0 Å². The lowest BCUT2D eigenvalue weighted by molar-refractivity contribution is 0.0629.